The van der Waals surface area contributed by atoms with Gasteiger partial charge >= 0.3 is 0 Å². The van der Waals surface area contributed by atoms with Gasteiger partial charge in [-0.25, -0.2) is 0 Å². The molecule has 4 saturated carbocycles. The number of Topliss-reactive ketones (excluding diaryl/α,β-unsaturated/α-hetero) is 1. The summed E-state index contributed by atoms with van der Waals surface area (Å²) in [7, 11) is 0. The number of ketones is 1. The van der Waals surface area contributed by atoms with Gasteiger partial charge < -0.3 is 5.11 Å². The minimum atomic E-state index is -0.275. The topological polar surface area (TPSA) is 37.3 Å². The number of carbonyl (C=O) groups is 1. The van der Waals surface area contributed by atoms with Gasteiger partial charge in [-0.05, 0) is 81.0 Å². The normalized spacial score (nSPS) is 55.7. The average Bonchev–Trinajstić information content (AvgIpc) is 2.87. The molecule has 130 valence electrons. The molecule has 4 rings (SSSR count). The molecule has 4 aliphatic rings. The molecule has 0 amide bonds. The summed E-state index contributed by atoms with van der Waals surface area (Å²) in [5.41, 5.74) is 0.308. The van der Waals surface area contributed by atoms with Crippen molar-refractivity contribution in [3.05, 3.63) is 0 Å². The summed E-state index contributed by atoms with van der Waals surface area (Å²) in [6, 6.07) is 0. The molecular formula is C21H34O2. The Balaban J connectivity index is 1.68. The van der Waals surface area contributed by atoms with Crippen LogP contribution < -0.4 is 0 Å². The highest BCUT2D eigenvalue weighted by Crippen LogP contribution is 2.67. The monoisotopic (exact) mass is 318 g/mol. The van der Waals surface area contributed by atoms with Gasteiger partial charge in [0.05, 0.1) is 6.10 Å². The average molecular weight is 319 g/mol. The minimum absolute atomic E-state index is 0.0975. The summed E-state index contributed by atoms with van der Waals surface area (Å²) >= 11 is 0. The van der Waals surface area contributed by atoms with E-state index in [2.05, 4.69) is 13.8 Å². The molecule has 0 saturated heterocycles. The second kappa shape index (κ2) is 5.31. The molecular weight excluding hydrogens is 284 g/mol. The molecule has 2 nitrogen and oxygen atoms in total. The Labute approximate surface area is 141 Å². The zero-order chi connectivity index (χ0) is 16.4. The molecule has 0 bridgehead atoms. The Morgan fingerprint density at radius 3 is 2.52 bits per heavy atom. The van der Waals surface area contributed by atoms with E-state index < -0.39 is 0 Å². The highest BCUT2D eigenvalue weighted by molar-refractivity contribution is 5.79. The first-order valence-electron chi connectivity index (χ1n) is 10.1. The Kier molecular flexibility index (Phi) is 3.72. The van der Waals surface area contributed by atoms with Crippen molar-refractivity contribution in [1.29, 1.82) is 0 Å². The van der Waals surface area contributed by atoms with Crippen molar-refractivity contribution in [2.24, 2.45) is 40.4 Å². The van der Waals surface area contributed by atoms with Gasteiger partial charge in [0.15, 0.2) is 0 Å². The molecule has 0 spiro atoms. The fourth-order valence-corrected chi connectivity index (χ4v) is 7.92. The Morgan fingerprint density at radius 1 is 1.00 bits per heavy atom. The second-order valence-electron chi connectivity index (χ2n) is 9.76. The van der Waals surface area contributed by atoms with Crippen LogP contribution >= 0.6 is 0 Å². The lowest BCUT2D eigenvalue weighted by Gasteiger charge is -2.61. The fourth-order valence-electron chi connectivity index (χ4n) is 7.92. The first kappa shape index (κ1) is 16.1. The van der Waals surface area contributed by atoms with Crippen LogP contribution in [0.4, 0.5) is 0 Å². The number of aliphatic hydroxyl groups excluding tert-OH is 1. The van der Waals surface area contributed by atoms with E-state index in [0.29, 0.717) is 23.0 Å². The second-order valence-corrected chi connectivity index (χ2v) is 9.76. The number of hydrogen-bond acceptors (Lipinski definition) is 2. The highest BCUT2D eigenvalue weighted by atomic mass is 16.3. The molecule has 4 fully saturated rings. The quantitative estimate of drug-likeness (QED) is 0.767. The zero-order valence-electron chi connectivity index (χ0n) is 15.2. The lowest BCUT2D eigenvalue weighted by molar-refractivity contribution is -0.167. The molecule has 8 atom stereocenters. The fraction of sp³-hybridized carbons (Fsp3) is 0.952. The van der Waals surface area contributed by atoms with Crippen molar-refractivity contribution < 1.29 is 9.90 Å². The van der Waals surface area contributed by atoms with Crippen molar-refractivity contribution in [2.45, 2.75) is 84.7 Å². The highest BCUT2D eigenvalue weighted by Gasteiger charge is 2.63. The van der Waals surface area contributed by atoms with Gasteiger partial charge in [-0.3, -0.25) is 4.79 Å². The SMILES string of the molecule is CC(=O)C1CCC2C3CCC4CCCCC4(C)C3CC(O)C12C. The van der Waals surface area contributed by atoms with Gasteiger partial charge in [-0.1, -0.05) is 26.7 Å². The van der Waals surface area contributed by atoms with Crippen molar-refractivity contribution in [3.63, 3.8) is 0 Å². The standard InChI is InChI=1S/C21H34O2/c1-13(22)16-9-10-17-15-8-7-14-6-4-5-11-20(14,2)18(15)12-19(23)21(16,17)3/h14-19,23H,4-12H2,1-3H3. The van der Waals surface area contributed by atoms with Crippen molar-refractivity contribution in [2.75, 3.05) is 0 Å². The van der Waals surface area contributed by atoms with E-state index in [1.165, 1.54) is 44.9 Å². The summed E-state index contributed by atoms with van der Waals surface area (Å²) in [6.45, 7) is 6.53. The lowest BCUT2D eigenvalue weighted by Crippen LogP contribution is -2.58. The molecule has 0 aliphatic heterocycles. The van der Waals surface area contributed by atoms with Crippen LogP contribution in [0, 0.1) is 40.4 Å². The molecule has 8 unspecified atom stereocenters. The molecule has 0 aromatic heterocycles. The van der Waals surface area contributed by atoms with Crippen molar-refractivity contribution >= 4 is 5.78 Å². The smallest absolute Gasteiger partial charge is 0.133 e. The van der Waals surface area contributed by atoms with Gasteiger partial charge in [0.25, 0.3) is 0 Å². The van der Waals surface area contributed by atoms with Crippen molar-refractivity contribution in [3.8, 4) is 0 Å². The predicted octanol–water partition coefficient (Wildman–Crippen LogP) is 4.60. The number of hydrogen-bond donors (Lipinski definition) is 1. The molecule has 0 aromatic rings. The zero-order valence-corrected chi connectivity index (χ0v) is 15.2. The van der Waals surface area contributed by atoms with E-state index in [9.17, 15) is 9.90 Å². The third-order valence-electron chi connectivity index (χ3n) is 9.18. The van der Waals surface area contributed by atoms with E-state index in [1.807, 2.05) is 0 Å². The third-order valence-corrected chi connectivity index (χ3v) is 9.18. The number of rotatable bonds is 1. The molecule has 2 heteroatoms. The van der Waals surface area contributed by atoms with Crippen LogP contribution in [0.15, 0.2) is 0 Å². The number of aliphatic hydroxyl groups is 1. The number of carbonyl (C=O) groups excluding carboxylic acids is 1. The summed E-state index contributed by atoms with van der Waals surface area (Å²) in [5, 5.41) is 11.1. The minimum Gasteiger partial charge on any atom is -0.393 e. The molecule has 0 aromatic carbocycles. The first-order chi connectivity index (χ1) is 10.9. The van der Waals surface area contributed by atoms with Crippen LogP contribution in [-0.4, -0.2) is 17.0 Å². The maximum atomic E-state index is 12.2. The molecule has 0 heterocycles. The van der Waals surface area contributed by atoms with E-state index in [0.717, 1.165) is 24.7 Å². The van der Waals surface area contributed by atoms with Gasteiger partial charge in [-0.2, -0.15) is 0 Å². The largest absolute Gasteiger partial charge is 0.393 e. The number of fused-ring (bicyclic) bond motifs is 5. The van der Waals surface area contributed by atoms with Crippen LogP contribution in [0.3, 0.4) is 0 Å². The van der Waals surface area contributed by atoms with E-state index >= 15 is 0 Å². The Morgan fingerprint density at radius 2 is 1.78 bits per heavy atom. The van der Waals surface area contributed by atoms with Gasteiger partial charge in [0, 0.05) is 11.3 Å². The maximum absolute atomic E-state index is 12.2. The van der Waals surface area contributed by atoms with E-state index in [1.54, 1.807) is 6.92 Å². The van der Waals surface area contributed by atoms with Crippen LogP contribution in [0.2, 0.25) is 0 Å². The Bertz CT molecular complexity index is 500. The van der Waals surface area contributed by atoms with E-state index in [-0.39, 0.29) is 17.4 Å². The summed E-state index contributed by atoms with van der Waals surface area (Å²) in [6.07, 6.45) is 11.2. The van der Waals surface area contributed by atoms with Crippen LogP contribution in [0.5, 0.6) is 0 Å². The van der Waals surface area contributed by atoms with Crippen molar-refractivity contribution in [1.82, 2.24) is 0 Å². The van der Waals surface area contributed by atoms with Gasteiger partial charge in [0.2, 0.25) is 0 Å². The van der Waals surface area contributed by atoms with Crippen LogP contribution in [0.25, 0.3) is 0 Å². The predicted molar refractivity (Wildman–Crippen MR) is 91.9 cm³/mol. The van der Waals surface area contributed by atoms with Gasteiger partial charge in [-0.15, -0.1) is 0 Å². The summed E-state index contributed by atoms with van der Waals surface area (Å²) < 4.78 is 0. The third kappa shape index (κ3) is 2.06. The van der Waals surface area contributed by atoms with E-state index in [4.69, 9.17) is 0 Å². The summed E-state index contributed by atoms with van der Waals surface area (Å²) in [4.78, 5) is 12.2. The molecule has 1 N–H and O–H groups in total. The Hall–Kier alpha value is -0.370. The van der Waals surface area contributed by atoms with Crippen LogP contribution in [-0.2, 0) is 4.79 Å². The molecule has 4 aliphatic carbocycles. The van der Waals surface area contributed by atoms with Gasteiger partial charge in [0.1, 0.15) is 5.78 Å². The first-order valence-corrected chi connectivity index (χ1v) is 10.1. The molecule has 23 heavy (non-hydrogen) atoms. The van der Waals surface area contributed by atoms with Crippen LogP contribution in [0.1, 0.15) is 78.6 Å². The summed E-state index contributed by atoms with van der Waals surface area (Å²) in [5.74, 6) is 3.32. The lowest BCUT2D eigenvalue weighted by atomic mass is 9.44. The maximum Gasteiger partial charge on any atom is 0.133 e. The molecule has 0 radical (unpaired) electrons.